The lowest BCUT2D eigenvalue weighted by Crippen LogP contribution is -2.09. The zero-order chi connectivity index (χ0) is 14.8. The number of fused-ring (bicyclic) bond motifs is 1. The molecule has 108 valence electrons. The number of nitrogens with zero attached hydrogens (tertiary/aromatic N) is 2. The standard InChI is InChI=1S/C17H18FN3/c1-19-11-13-9-14(18)8-7-12(13)10-17-20-15-5-3-4-6-16(15)21(17)2/h3-9,19H,10-11H2,1-2H3. The van der Waals surface area contributed by atoms with Gasteiger partial charge in [0.15, 0.2) is 0 Å². The zero-order valence-corrected chi connectivity index (χ0v) is 12.2. The van der Waals surface area contributed by atoms with Crippen LogP contribution in [0.3, 0.4) is 0 Å². The highest BCUT2D eigenvalue weighted by molar-refractivity contribution is 5.75. The maximum Gasteiger partial charge on any atom is 0.123 e. The molecule has 0 aliphatic rings. The summed E-state index contributed by atoms with van der Waals surface area (Å²) in [6.45, 7) is 0.650. The van der Waals surface area contributed by atoms with Crippen LogP contribution in [0.2, 0.25) is 0 Å². The van der Waals surface area contributed by atoms with Gasteiger partial charge in [0, 0.05) is 20.0 Å². The number of para-hydroxylation sites is 2. The molecule has 21 heavy (non-hydrogen) atoms. The Morgan fingerprint density at radius 1 is 1.14 bits per heavy atom. The van der Waals surface area contributed by atoms with Gasteiger partial charge in [-0.15, -0.1) is 0 Å². The number of halogens is 1. The first-order chi connectivity index (χ1) is 10.2. The van der Waals surface area contributed by atoms with E-state index >= 15 is 0 Å². The van der Waals surface area contributed by atoms with Crippen molar-refractivity contribution in [3.63, 3.8) is 0 Å². The minimum Gasteiger partial charge on any atom is -0.331 e. The van der Waals surface area contributed by atoms with Crippen molar-refractivity contribution in [1.29, 1.82) is 0 Å². The van der Waals surface area contributed by atoms with Crippen molar-refractivity contribution >= 4 is 11.0 Å². The molecule has 3 aromatic rings. The molecule has 0 radical (unpaired) electrons. The molecule has 0 atom stereocenters. The molecule has 0 saturated heterocycles. The fourth-order valence-electron chi connectivity index (χ4n) is 2.65. The first-order valence-electron chi connectivity index (χ1n) is 7.01. The van der Waals surface area contributed by atoms with E-state index in [9.17, 15) is 4.39 Å². The lowest BCUT2D eigenvalue weighted by atomic mass is 10.0. The van der Waals surface area contributed by atoms with E-state index in [1.165, 1.54) is 6.07 Å². The lowest BCUT2D eigenvalue weighted by Gasteiger charge is -2.09. The molecule has 0 aliphatic heterocycles. The van der Waals surface area contributed by atoms with Crippen LogP contribution in [0.15, 0.2) is 42.5 Å². The molecular formula is C17H18FN3. The van der Waals surface area contributed by atoms with Crippen LogP contribution in [-0.4, -0.2) is 16.6 Å². The third kappa shape index (κ3) is 2.67. The Kier molecular flexibility index (Phi) is 3.71. The van der Waals surface area contributed by atoms with E-state index in [1.807, 2.05) is 38.4 Å². The van der Waals surface area contributed by atoms with Crippen molar-refractivity contribution in [3.05, 3.63) is 65.2 Å². The molecule has 3 nitrogen and oxygen atoms in total. The fourth-order valence-corrected chi connectivity index (χ4v) is 2.65. The third-order valence-electron chi connectivity index (χ3n) is 3.76. The van der Waals surface area contributed by atoms with Gasteiger partial charge >= 0.3 is 0 Å². The van der Waals surface area contributed by atoms with E-state index in [2.05, 4.69) is 20.9 Å². The minimum atomic E-state index is -0.200. The van der Waals surface area contributed by atoms with Gasteiger partial charge in [-0.25, -0.2) is 9.37 Å². The molecule has 3 rings (SSSR count). The van der Waals surface area contributed by atoms with Crippen molar-refractivity contribution in [2.45, 2.75) is 13.0 Å². The smallest absolute Gasteiger partial charge is 0.123 e. The SMILES string of the molecule is CNCc1cc(F)ccc1Cc1nc2ccccc2n1C. The molecule has 0 unspecified atom stereocenters. The van der Waals surface area contributed by atoms with Gasteiger partial charge in [0.2, 0.25) is 0 Å². The average molecular weight is 283 g/mol. The molecule has 0 fully saturated rings. The molecule has 4 heteroatoms. The summed E-state index contributed by atoms with van der Waals surface area (Å²) >= 11 is 0. The van der Waals surface area contributed by atoms with Crippen molar-refractivity contribution in [3.8, 4) is 0 Å². The summed E-state index contributed by atoms with van der Waals surface area (Å²) in [6.07, 6.45) is 0.697. The van der Waals surface area contributed by atoms with E-state index < -0.39 is 0 Å². The second kappa shape index (κ2) is 5.66. The first kappa shape index (κ1) is 13.8. The number of hydrogen-bond donors (Lipinski definition) is 1. The highest BCUT2D eigenvalue weighted by atomic mass is 19.1. The van der Waals surface area contributed by atoms with Crippen LogP contribution < -0.4 is 5.32 Å². The number of aromatic nitrogens is 2. The van der Waals surface area contributed by atoms with Crippen molar-refractivity contribution in [1.82, 2.24) is 14.9 Å². The predicted molar refractivity (Wildman–Crippen MR) is 82.7 cm³/mol. The lowest BCUT2D eigenvalue weighted by molar-refractivity contribution is 0.622. The minimum absolute atomic E-state index is 0.200. The second-order valence-electron chi connectivity index (χ2n) is 5.20. The van der Waals surface area contributed by atoms with Crippen LogP contribution in [0.25, 0.3) is 11.0 Å². The van der Waals surface area contributed by atoms with E-state index in [0.29, 0.717) is 13.0 Å². The van der Waals surface area contributed by atoms with E-state index in [1.54, 1.807) is 6.07 Å². The fraction of sp³-hybridized carbons (Fsp3) is 0.235. The van der Waals surface area contributed by atoms with Crippen molar-refractivity contribution < 1.29 is 4.39 Å². The quantitative estimate of drug-likeness (QED) is 0.797. The Hall–Kier alpha value is -2.20. The number of rotatable bonds is 4. The highest BCUT2D eigenvalue weighted by Crippen LogP contribution is 2.19. The summed E-state index contributed by atoms with van der Waals surface area (Å²) < 4.78 is 15.5. The number of hydrogen-bond acceptors (Lipinski definition) is 2. The summed E-state index contributed by atoms with van der Waals surface area (Å²) in [4.78, 5) is 4.68. The molecule has 1 aromatic heterocycles. The maximum absolute atomic E-state index is 13.4. The van der Waals surface area contributed by atoms with Crippen LogP contribution in [0.5, 0.6) is 0 Å². The summed E-state index contributed by atoms with van der Waals surface area (Å²) in [5.74, 6) is 0.786. The van der Waals surface area contributed by atoms with Crippen LogP contribution in [-0.2, 0) is 20.0 Å². The Balaban J connectivity index is 2.00. The van der Waals surface area contributed by atoms with Crippen LogP contribution in [0, 0.1) is 5.82 Å². The van der Waals surface area contributed by atoms with Gasteiger partial charge in [0.05, 0.1) is 11.0 Å². The number of aryl methyl sites for hydroxylation is 1. The molecule has 1 N–H and O–H groups in total. The Labute approximate surface area is 123 Å². The van der Waals surface area contributed by atoms with Gasteiger partial charge in [-0.05, 0) is 42.4 Å². The van der Waals surface area contributed by atoms with Crippen molar-refractivity contribution in [2.24, 2.45) is 7.05 Å². The Morgan fingerprint density at radius 3 is 2.71 bits per heavy atom. The monoisotopic (exact) mass is 283 g/mol. The van der Waals surface area contributed by atoms with Crippen molar-refractivity contribution in [2.75, 3.05) is 7.05 Å². The molecule has 0 amide bonds. The van der Waals surface area contributed by atoms with Gasteiger partial charge < -0.3 is 9.88 Å². The number of benzene rings is 2. The maximum atomic E-state index is 13.4. The molecule has 0 spiro atoms. The zero-order valence-electron chi connectivity index (χ0n) is 12.2. The molecule has 0 aliphatic carbocycles. The number of nitrogens with one attached hydrogen (secondary N) is 1. The van der Waals surface area contributed by atoms with Crippen LogP contribution in [0.4, 0.5) is 4.39 Å². The van der Waals surface area contributed by atoms with Gasteiger partial charge in [0.25, 0.3) is 0 Å². The predicted octanol–water partition coefficient (Wildman–Crippen LogP) is 3.02. The molecule has 1 heterocycles. The third-order valence-corrected chi connectivity index (χ3v) is 3.76. The van der Waals surface area contributed by atoms with E-state index in [0.717, 1.165) is 28.0 Å². The normalized spacial score (nSPS) is 11.2. The second-order valence-corrected chi connectivity index (χ2v) is 5.20. The molecule has 0 saturated carbocycles. The summed E-state index contributed by atoms with van der Waals surface area (Å²) in [6, 6.07) is 13.0. The Morgan fingerprint density at radius 2 is 1.95 bits per heavy atom. The molecular weight excluding hydrogens is 265 g/mol. The van der Waals surface area contributed by atoms with Gasteiger partial charge in [0.1, 0.15) is 11.6 Å². The number of imidazole rings is 1. The molecule has 2 aromatic carbocycles. The Bertz CT molecular complexity index is 777. The van der Waals surface area contributed by atoms with Gasteiger partial charge in [-0.3, -0.25) is 0 Å². The highest BCUT2D eigenvalue weighted by Gasteiger charge is 2.11. The van der Waals surface area contributed by atoms with E-state index in [-0.39, 0.29) is 5.82 Å². The summed E-state index contributed by atoms with van der Waals surface area (Å²) in [7, 11) is 3.88. The average Bonchev–Trinajstić information content (AvgIpc) is 2.79. The van der Waals surface area contributed by atoms with Gasteiger partial charge in [-0.2, -0.15) is 0 Å². The van der Waals surface area contributed by atoms with Gasteiger partial charge in [-0.1, -0.05) is 18.2 Å². The largest absolute Gasteiger partial charge is 0.331 e. The van der Waals surface area contributed by atoms with Crippen LogP contribution in [0.1, 0.15) is 17.0 Å². The van der Waals surface area contributed by atoms with Crippen LogP contribution >= 0.6 is 0 Å². The summed E-state index contributed by atoms with van der Waals surface area (Å²) in [5, 5.41) is 3.08. The van der Waals surface area contributed by atoms with E-state index in [4.69, 9.17) is 0 Å². The first-order valence-corrected chi connectivity index (χ1v) is 7.01. The topological polar surface area (TPSA) is 29.9 Å². The molecule has 0 bridgehead atoms. The summed E-state index contributed by atoms with van der Waals surface area (Å²) in [5.41, 5.74) is 4.19.